The van der Waals surface area contributed by atoms with Crippen molar-refractivity contribution in [1.29, 1.82) is 0 Å². The number of aromatic amines is 1. The van der Waals surface area contributed by atoms with Gasteiger partial charge >= 0.3 is 0 Å². The number of imidazole rings is 1. The summed E-state index contributed by atoms with van der Waals surface area (Å²) in [6.07, 6.45) is 11.1. The van der Waals surface area contributed by atoms with E-state index in [9.17, 15) is 0 Å². The maximum absolute atomic E-state index is 5.10. The van der Waals surface area contributed by atoms with Crippen LogP contribution in [-0.2, 0) is 0 Å². The molecule has 6 aromatic rings. The third-order valence-corrected chi connectivity index (χ3v) is 5.17. The van der Waals surface area contributed by atoms with E-state index < -0.39 is 0 Å². The minimum absolute atomic E-state index is 0.851. The molecule has 7 heteroatoms. The summed E-state index contributed by atoms with van der Waals surface area (Å²) in [4.78, 5) is 12.9. The van der Waals surface area contributed by atoms with Gasteiger partial charge in [0.15, 0.2) is 0 Å². The molecule has 0 radical (unpaired) electrons. The Hall–Kier alpha value is -4.26. The minimum atomic E-state index is 0.851. The van der Waals surface area contributed by atoms with E-state index in [0.717, 1.165) is 44.6 Å². The Morgan fingerprint density at radius 1 is 0.935 bits per heavy atom. The lowest BCUT2D eigenvalue weighted by Gasteiger charge is -2.05. The summed E-state index contributed by atoms with van der Waals surface area (Å²) in [5.41, 5.74) is 6.00. The van der Waals surface area contributed by atoms with Crippen LogP contribution in [0.25, 0.3) is 38.6 Å². The second kappa shape index (κ2) is 7.87. The highest BCUT2D eigenvalue weighted by atomic mass is 16.5. The average molecular weight is 408 g/mol. The fourth-order valence-corrected chi connectivity index (χ4v) is 3.53. The van der Waals surface area contributed by atoms with E-state index in [2.05, 4.69) is 43.3 Å². The fourth-order valence-electron chi connectivity index (χ4n) is 3.53. The number of benzene rings is 1. The molecule has 0 amide bonds. The zero-order chi connectivity index (χ0) is 21.2. The minimum Gasteiger partial charge on any atom is -0.495 e. The highest BCUT2D eigenvalue weighted by Crippen LogP contribution is 2.28. The third-order valence-electron chi connectivity index (χ3n) is 5.17. The number of hydrogen-bond donors (Lipinski definition) is 1. The van der Waals surface area contributed by atoms with Crippen LogP contribution >= 0.6 is 0 Å². The monoisotopic (exact) mass is 408 g/mol. The summed E-state index contributed by atoms with van der Waals surface area (Å²) in [5, 5.41) is 9.25. The first-order valence-corrected chi connectivity index (χ1v) is 9.83. The molecule has 0 unspecified atom stereocenters. The summed E-state index contributed by atoms with van der Waals surface area (Å²) in [6.45, 7) is 2.01. The summed E-state index contributed by atoms with van der Waals surface area (Å²) in [6, 6.07) is 14.1. The van der Waals surface area contributed by atoms with Gasteiger partial charge in [-0.05, 0) is 30.5 Å². The molecule has 0 bridgehead atoms. The molecule has 0 aliphatic carbocycles. The first-order valence-electron chi connectivity index (χ1n) is 9.83. The molecule has 31 heavy (non-hydrogen) atoms. The van der Waals surface area contributed by atoms with E-state index in [-0.39, 0.29) is 0 Å². The molecule has 0 spiro atoms. The van der Waals surface area contributed by atoms with Crippen molar-refractivity contribution in [3.63, 3.8) is 0 Å². The van der Waals surface area contributed by atoms with Crippen LogP contribution in [0, 0.1) is 6.92 Å². The summed E-state index contributed by atoms with van der Waals surface area (Å²) in [7, 11) is 1.66. The number of methoxy groups -OCH3 is 1. The van der Waals surface area contributed by atoms with Crippen molar-refractivity contribution in [2.75, 3.05) is 7.11 Å². The number of fused-ring (bicyclic) bond motifs is 3. The Morgan fingerprint density at radius 2 is 1.84 bits per heavy atom. The lowest BCUT2D eigenvalue weighted by Crippen LogP contribution is -1.89. The van der Waals surface area contributed by atoms with Crippen molar-refractivity contribution < 1.29 is 4.74 Å². The van der Waals surface area contributed by atoms with Crippen LogP contribution in [0.2, 0.25) is 0 Å². The van der Waals surface area contributed by atoms with Crippen LogP contribution in [-0.4, -0.2) is 36.7 Å². The Bertz CT molecular complexity index is 1500. The zero-order valence-corrected chi connectivity index (χ0v) is 17.1. The highest BCUT2D eigenvalue weighted by molar-refractivity contribution is 5.96. The Kier molecular flexibility index (Phi) is 4.76. The Labute approximate surface area is 178 Å². The standard InChI is InChI=1S/C15H10N4.C9H10N2O/c1-2-4-12-10(3-1)6-16-8-13(12)11-5-14-15(17-7-11)9-18-19-14;1-7-5-10-9-4-3-8(12-2)6-11(7)9/h1-9H,(H,18,19);3-6H,1-2H3. The van der Waals surface area contributed by atoms with Gasteiger partial charge in [0.1, 0.15) is 16.9 Å². The van der Waals surface area contributed by atoms with Crippen LogP contribution < -0.4 is 4.74 Å². The van der Waals surface area contributed by atoms with Crippen LogP contribution in [0.15, 0.2) is 79.6 Å². The Balaban J connectivity index is 0.000000147. The van der Waals surface area contributed by atoms with E-state index in [1.807, 2.05) is 66.6 Å². The maximum Gasteiger partial charge on any atom is 0.137 e. The van der Waals surface area contributed by atoms with Crippen molar-refractivity contribution in [3.05, 3.63) is 85.3 Å². The lowest BCUT2D eigenvalue weighted by molar-refractivity contribution is 0.412. The van der Waals surface area contributed by atoms with E-state index >= 15 is 0 Å². The van der Waals surface area contributed by atoms with Crippen molar-refractivity contribution in [2.45, 2.75) is 6.92 Å². The van der Waals surface area contributed by atoms with E-state index in [1.54, 1.807) is 13.3 Å². The fraction of sp³-hybridized carbons (Fsp3) is 0.0833. The molecule has 1 aromatic carbocycles. The third kappa shape index (κ3) is 3.57. The van der Waals surface area contributed by atoms with Gasteiger partial charge in [0.05, 0.1) is 25.0 Å². The van der Waals surface area contributed by atoms with Crippen LogP contribution in [0.3, 0.4) is 0 Å². The largest absolute Gasteiger partial charge is 0.495 e. The first-order chi connectivity index (χ1) is 15.2. The SMILES string of the molecule is COc1ccc2ncc(C)n2c1.c1ccc2c(-c3cnc4cn[nH]c4c3)cncc2c1. The molecule has 1 N–H and O–H groups in total. The number of nitrogens with zero attached hydrogens (tertiary/aromatic N) is 5. The molecule has 0 aliphatic heterocycles. The number of rotatable bonds is 2. The molecule has 0 saturated heterocycles. The van der Waals surface area contributed by atoms with E-state index in [0.29, 0.717) is 0 Å². The molecule has 0 fully saturated rings. The van der Waals surface area contributed by atoms with Crippen molar-refractivity contribution >= 4 is 27.5 Å². The molecule has 0 aliphatic rings. The van der Waals surface area contributed by atoms with Crippen molar-refractivity contribution in [2.24, 2.45) is 0 Å². The van der Waals surface area contributed by atoms with Gasteiger partial charge in [0.2, 0.25) is 0 Å². The van der Waals surface area contributed by atoms with Gasteiger partial charge in [-0.2, -0.15) is 5.10 Å². The number of hydrogen-bond acceptors (Lipinski definition) is 5. The average Bonchev–Trinajstić information content (AvgIpc) is 3.45. The van der Waals surface area contributed by atoms with Crippen molar-refractivity contribution in [3.8, 4) is 16.9 Å². The molecule has 7 nitrogen and oxygen atoms in total. The van der Waals surface area contributed by atoms with E-state index in [1.165, 1.54) is 5.39 Å². The summed E-state index contributed by atoms with van der Waals surface area (Å²) >= 11 is 0. The first kappa shape index (κ1) is 18.7. The van der Waals surface area contributed by atoms with Crippen molar-refractivity contribution in [1.82, 2.24) is 29.5 Å². The zero-order valence-electron chi connectivity index (χ0n) is 17.1. The van der Waals surface area contributed by atoms with E-state index in [4.69, 9.17) is 4.74 Å². The predicted molar refractivity (Wildman–Crippen MR) is 121 cm³/mol. The molecule has 0 saturated carbocycles. The molecule has 6 rings (SSSR count). The topological polar surface area (TPSA) is 81.0 Å². The summed E-state index contributed by atoms with van der Waals surface area (Å²) < 4.78 is 7.10. The van der Waals surface area contributed by atoms with Gasteiger partial charge < -0.3 is 9.14 Å². The quantitative estimate of drug-likeness (QED) is 0.444. The van der Waals surface area contributed by atoms with Crippen LogP contribution in [0.1, 0.15) is 5.69 Å². The normalized spacial score (nSPS) is 10.9. The second-order valence-electron chi connectivity index (χ2n) is 7.13. The van der Waals surface area contributed by atoms with Gasteiger partial charge in [-0.1, -0.05) is 24.3 Å². The number of pyridine rings is 3. The molecular formula is C24H20N6O. The molecule has 5 heterocycles. The lowest BCUT2D eigenvalue weighted by atomic mass is 10.0. The van der Waals surface area contributed by atoms with Crippen LogP contribution in [0.4, 0.5) is 0 Å². The van der Waals surface area contributed by atoms with Gasteiger partial charge in [-0.3, -0.25) is 15.1 Å². The Morgan fingerprint density at radius 3 is 2.74 bits per heavy atom. The number of aryl methyl sites for hydroxylation is 1. The van der Waals surface area contributed by atoms with Gasteiger partial charge in [-0.15, -0.1) is 0 Å². The maximum atomic E-state index is 5.10. The van der Waals surface area contributed by atoms with Gasteiger partial charge in [0.25, 0.3) is 0 Å². The molecule has 0 atom stereocenters. The number of H-pyrrole nitrogens is 1. The van der Waals surface area contributed by atoms with Gasteiger partial charge in [0, 0.05) is 47.0 Å². The number of aromatic nitrogens is 6. The number of ether oxygens (including phenoxy) is 1. The molecular weight excluding hydrogens is 388 g/mol. The molecule has 152 valence electrons. The second-order valence-corrected chi connectivity index (χ2v) is 7.13. The number of nitrogens with one attached hydrogen (secondary N) is 1. The highest BCUT2D eigenvalue weighted by Gasteiger charge is 2.06. The summed E-state index contributed by atoms with van der Waals surface area (Å²) in [5.74, 6) is 0.851. The smallest absolute Gasteiger partial charge is 0.137 e. The van der Waals surface area contributed by atoms with Crippen LogP contribution in [0.5, 0.6) is 5.75 Å². The predicted octanol–water partition coefficient (Wildman–Crippen LogP) is 4.82. The van der Waals surface area contributed by atoms with Gasteiger partial charge in [-0.25, -0.2) is 4.98 Å². The molecule has 5 aromatic heterocycles.